The number of hydrogen-bond donors (Lipinski definition) is 2. The second-order valence-corrected chi connectivity index (χ2v) is 5.64. The van der Waals surface area contributed by atoms with Gasteiger partial charge in [0.1, 0.15) is 0 Å². The molecule has 0 radical (unpaired) electrons. The highest BCUT2D eigenvalue weighted by Gasteiger charge is 2.25. The van der Waals surface area contributed by atoms with E-state index in [9.17, 15) is 9.90 Å². The Morgan fingerprint density at radius 1 is 1.39 bits per heavy atom. The molecule has 0 aromatic rings. The van der Waals surface area contributed by atoms with Gasteiger partial charge >= 0.3 is 6.03 Å². The highest BCUT2D eigenvalue weighted by atomic mass is 16.3. The van der Waals surface area contributed by atoms with Crippen molar-refractivity contribution in [2.24, 2.45) is 5.92 Å². The van der Waals surface area contributed by atoms with E-state index in [2.05, 4.69) is 19.2 Å². The SMILES string of the molecule is CC(C)C(CO)NC1CCN(C(=O)N(C)C)CC1. The van der Waals surface area contributed by atoms with Crippen LogP contribution < -0.4 is 5.32 Å². The minimum atomic E-state index is 0.0935. The lowest BCUT2D eigenvalue weighted by Crippen LogP contribution is -2.51. The predicted molar refractivity (Wildman–Crippen MR) is 72.5 cm³/mol. The molecule has 0 bridgehead atoms. The van der Waals surface area contributed by atoms with Crippen LogP contribution in [0.2, 0.25) is 0 Å². The van der Waals surface area contributed by atoms with Crippen LogP contribution in [0.3, 0.4) is 0 Å². The molecule has 5 heteroatoms. The zero-order valence-corrected chi connectivity index (χ0v) is 12.0. The first-order valence-electron chi connectivity index (χ1n) is 6.78. The third-order valence-electron chi connectivity index (χ3n) is 3.60. The average Bonchev–Trinajstić information content (AvgIpc) is 2.35. The topological polar surface area (TPSA) is 55.8 Å². The third-order valence-corrected chi connectivity index (χ3v) is 3.60. The summed E-state index contributed by atoms with van der Waals surface area (Å²) in [6, 6.07) is 0.665. The van der Waals surface area contributed by atoms with Crippen LogP contribution in [0.5, 0.6) is 0 Å². The monoisotopic (exact) mass is 257 g/mol. The molecule has 0 aliphatic carbocycles. The molecule has 1 aliphatic heterocycles. The average molecular weight is 257 g/mol. The quantitative estimate of drug-likeness (QED) is 0.781. The maximum atomic E-state index is 11.8. The van der Waals surface area contributed by atoms with Gasteiger partial charge in [-0.25, -0.2) is 4.79 Å². The summed E-state index contributed by atoms with van der Waals surface area (Å²) in [7, 11) is 3.57. The first-order chi connectivity index (χ1) is 8.45. The van der Waals surface area contributed by atoms with Crippen molar-refractivity contribution >= 4 is 6.03 Å². The number of aliphatic hydroxyl groups excluding tert-OH is 1. The third kappa shape index (κ3) is 4.14. The van der Waals surface area contributed by atoms with E-state index in [-0.39, 0.29) is 18.7 Å². The fourth-order valence-electron chi connectivity index (χ4n) is 2.28. The number of hydrogen-bond acceptors (Lipinski definition) is 3. The van der Waals surface area contributed by atoms with Gasteiger partial charge in [-0.2, -0.15) is 0 Å². The molecular weight excluding hydrogens is 230 g/mol. The smallest absolute Gasteiger partial charge is 0.319 e. The predicted octanol–water partition coefficient (Wildman–Crippen LogP) is 0.739. The summed E-state index contributed by atoms with van der Waals surface area (Å²) in [6.45, 7) is 5.99. The van der Waals surface area contributed by atoms with Gasteiger partial charge in [0.2, 0.25) is 0 Å². The van der Waals surface area contributed by atoms with E-state index in [0.29, 0.717) is 12.0 Å². The van der Waals surface area contributed by atoms with Crippen molar-refractivity contribution in [1.29, 1.82) is 0 Å². The van der Waals surface area contributed by atoms with E-state index in [1.165, 1.54) is 0 Å². The molecule has 0 spiro atoms. The molecule has 1 fully saturated rings. The van der Waals surface area contributed by atoms with Gasteiger partial charge in [-0.1, -0.05) is 13.8 Å². The summed E-state index contributed by atoms with van der Waals surface area (Å²) in [6.07, 6.45) is 1.92. The van der Waals surface area contributed by atoms with Crippen molar-refractivity contribution in [3.63, 3.8) is 0 Å². The molecule has 5 nitrogen and oxygen atoms in total. The summed E-state index contributed by atoms with van der Waals surface area (Å²) < 4.78 is 0. The molecule has 1 heterocycles. The van der Waals surface area contributed by atoms with Crippen molar-refractivity contribution in [3.05, 3.63) is 0 Å². The number of urea groups is 1. The van der Waals surface area contributed by atoms with Gasteiger partial charge in [-0.05, 0) is 18.8 Å². The van der Waals surface area contributed by atoms with E-state index in [1.807, 2.05) is 4.90 Å². The lowest BCUT2D eigenvalue weighted by atomic mass is 10.00. The first-order valence-corrected chi connectivity index (χ1v) is 6.78. The van der Waals surface area contributed by atoms with Crippen LogP contribution in [0.1, 0.15) is 26.7 Å². The van der Waals surface area contributed by atoms with Gasteiger partial charge < -0.3 is 20.2 Å². The van der Waals surface area contributed by atoms with Crippen LogP contribution in [-0.2, 0) is 0 Å². The number of carbonyl (C=O) groups excluding carboxylic acids is 1. The number of aliphatic hydroxyl groups is 1. The molecule has 1 saturated heterocycles. The highest BCUT2D eigenvalue weighted by Crippen LogP contribution is 2.14. The number of likely N-dealkylation sites (tertiary alicyclic amines) is 1. The minimum absolute atomic E-state index is 0.0935. The molecule has 1 atom stereocenters. The normalized spacial score (nSPS) is 19.1. The molecule has 1 aliphatic rings. The molecule has 18 heavy (non-hydrogen) atoms. The highest BCUT2D eigenvalue weighted by molar-refractivity contribution is 5.73. The number of nitrogens with one attached hydrogen (secondary N) is 1. The zero-order chi connectivity index (χ0) is 13.7. The Kier molecular flexibility index (Phi) is 5.88. The van der Waals surface area contributed by atoms with Gasteiger partial charge in [0, 0.05) is 39.3 Å². The molecule has 2 amide bonds. The van der Waals surface area contributed by atoms with Gasteiger partial charge in [0.25, 0.3) is 0 Å². The van der Waals surface area contributed by atoms with Gasteiger partial charge in [-0.3, -0.25) is 0 Å². The number of carbonyl (C=O) groups is 1. The molecule has 2 N–H and O–H groups in total. The molecule has 1 unspecified atom stereocenters. The Labute approximate surface area is 110 Å². The van der Waals surface area contributed by atoms with Crippen LogP contribution in [0.25, 0.3) is 0 Å². The molecular formula is C13H27N3O2. The summed E-state index contributed by atoms with van der Waals surface area (Å²) in [4.78, 5) is 15.3. The second kappa shape index (κ2) is 6.95. The molecule has 0 aromatic heterocycles. The van der Waals surface area contributed by atoms with Crippen LogP contribution in [0.4, 0.5) is 4.79 Å². The summed E-state index contributed by atoms with van der Waals surface area (Å²) >= 11 is 0. The summed E-state index contributed by atoms with van der Waals surface area (Å²) in [5, 5.41) is 12.8. The standard InChI is InChI=1S/C13H27N3O2/c1-10(2)12(9-17)14-11-5-7-16(8-6-11)13(18)15(3)4/h10-12,14,17H,5-9H2,1-4H3. The minimum Gasteiger partial charge on any atom is -0.395 e. The Bertz CT molecular complexity index is 261. The number of rotatable bonds is 4. The molecule has 106 valence electrons. The Balaban J connectivity index is 2.37. The van der Waals surface area contributed by atoms with E-state index < -0.39 is 0 Å². The molecule has 0 saturated carbocycles. The number of amides is 2. The Hall–Kier alpha value is -0.810. The van der Waals surface area contributed by atoms with Crippen molar-refractivity contribution in [3.8, 4) is 0 Å². The maximum absolute atomic E-state index is 11.8. The van der Waals surface area contributed by atoms with Crippen molar-refractivity contribution in [1.82, 2.24) is 15.1 Å². The zero-order valence-electron chi connectivity index (χ0n) is 12.0. The fraction of sp³-hybridized carbons (Fsp3) is 0.923. The number of piperidine rings is 1. The largest absolute Gasteiger partial charge is 0.395 e. The fourth-order valence-corrected chi connectivity index (χ4v) is 2.28. The summed E-state index contributed by atoms with van der Waals surface area (Å²) in [5.41, 5.74) is 0. The Morgan fingerprint density at radius 2 is 1.94 bits per heavy atom. The lowest BCUT2D eigenvalue weighted by molar-refractivity contribution is 0.140. The van der Waals surface area contributed by atoms with Gasteiger partial charge in [0.05, 0.1) is 6.61 Å². The van der Waals surface area contributed by atoms with Crippen LogP contribution in [0, 0.1) is 5.92 Å². The van der Waals surface area contributed by atoms with Crippen LogP contribution >= 0.6 is 0 Å². The van der Waals surface area contributed by atoms with E-state index in [1.54, 1.807) is 19.0 Å². The van der Waals surface area contributed by atoms with Crippen molar-refractivity contribution < 1.29 is 9.90 Å². The van der Waals surface area contributed by atoms with Crippen molar-refractivity contribution in [2.75, 3.05) is 33.8 Å². The van der Waals surface area contributed by atoms with E-state index in [0.717, 1.165) is 25.9 Å². The van der Waals surface area contributed by atoms with Crippen molar-refractivity contribution in [2.45, 2.75) is 38.8 Å². The first kappa shape index (κ1) is 15.2. The lowest BCUT2D eigenvalue weighted by Gasteiger charge is -2.36. The van der Waals surface area contributed by atoms with E-state index >= 15 is 0 Å². The second-order valence-electron chi connectivity index (χ2n) is 5.64. The molecule has 1 rings (SSSR count). The van der Waals surface area contributed by atoms with Gasteiger partial charge in [-0.15, -0.1) is 0 Å². The van der Waals surface area contributed by atoms with Crippen LogP contribution in [-0.4, -0.2) is 66.8 Å². The van der Waals surface area contributed by atoms with Crippen LogP contribution in [0.15, 0.2) is 0 Å². The molecule has 0 aromatic carbocycles. The van der Waals surface area contributed by atoms with E-state index in [4.69, 9.17) is 0 Å². The maximum Gasteiger partial charge on any atom is 0.319 e. The number of nitrogens with zero attached hydrogens (tertiary/aromatic N) is 2. The Morgan fingerprint density at radius 3 is 2.33 bits per heavy atom. The summed E-state index contributed by atoms with van der Waals surface area (Å²) in [5.74, 6) is 0.427. The van der Waals surface area contributed by atoms with Gasteiger partial charge in [0.15, 0.2) is 0 Å².